The summed E-state index contributed by atoms with van der Waals surface area (Å²) in [5, 5.41) is 6.40. The molecule has 0 bridgehead atoms. The highest BCUT2D eigenvalue weighted by Crippen LogP contribution is 2.29. The predicted octanol–water partition coefficient (Wildman–Crippen LogP) is 3.64. The number of rotatable bonds is 4. The Labute approximate surface area is 114 Å². The van der Waals surface area contributed by atoms with E-state index in [1.54, 1.807) is 11.3 Å². The molecule has 1 aromatic carbocycles. The molecule has 2 aromatic rings. The number of aryl methyl sites for hydroxylation is 1. The first-order valence-corrected chi connectivity index (χ1v) is 7.23. The van der Waals surface area contributed by atoms with Crippen LogP contribution in [0, 0.1) is 6.92 Å². The maximum absolute atomic E-state index is 4.68. The Hall–Kier alpha value is -0.710. The van der Waals surface area contributed by atoms with E-state index in [1.807, 2.05) is 7.05 Å². The van der Waals surface area contributed by atoms with Crippen LogP contribution in [0.25, 0.3) is 10.6 Å². The number of hydrogen-bond donors (Lipinski definition) is 1. The van der Waals surface area contributed by atoms with Crippen molar-refractivity contribution in [3.8, 4) is 10.6 Å². The maximum Gasteiger partial charge on any atom is 0.123 e. The fraction of sp³-hybridized carbons (Fsp3) is 0.308. The molecule has 2 nitrogen and oxygen atoms in total. The molecule has 0 atom stereocenters. The summed E-state index contributed by atoms with van der Waals surface area (Å²) in [6, 6.07) is 6.32. The van der Waals surface area contributed by atoms with Gasteiger partial charge in [-0.2, -0.15) is 0 Å². The van der Waals surface area contributed by atoms with E-state index in [-0.39, 0.29) is 0 Å². The second kappa shape index (κ2) is 5.76. The van der Waals surface area contributed by atoms with E-state index in [0.717, 1.165) is 22.4 Å². The van der Waals surface area contributed by atoms with Gasteiger partial charge in [-0.1, -0.05) is 22.0 Å². The summed E-state index contributed by atoms with van der Waals surface area (Å²) in [7, 11) is 1.96. The molecule has 17 heavy (non-hydrogen) atoms. The van der Waals surface area contributed by atoms with Crippen LogP contribution in [0.2, 0.25) is 0 Å². The maximum atomic E-state index is 4.68. The molecule has 0 radical (unpaired) electrons. The van der Waals surface area contributed by atoms with Crippen molar-refractivity contribution in [3.63, 3.8) is 0 Å². The van der Waals surface area contributed by atoms with Crippen molar-refractivity contribution >= 4 is 27.3 Å². The number of nitrogens with zero attached hydrogens (tertiary/aromatic N) is 1. The molecule has 0 aliphatic heterocycles. The quantitative estimate of drug-likeness (QED) is 0.932. The second-order valence-electron chi connectivity index (χ2n) is 3.96. The summed E-state index contributed by atoms with van der Waals surface area (Å²) in [6.07, 6.45) is 0.986. The molecule has 0 amide bonds. The molecule has 0 fully saturated rings. The Bertz CT molecular complexity index is 508. The van der Waals surface area contributed by atoms with Gasteiger partial charge in [-0.25, -0.2) is 4.98 Å². The van der Waals surface area contributed by atoms with E-state index in [2.05, 4.69) is 56.7 Å². The minimum absolute atomic E-state index is 0.973. The lowest BCUT2D eigenvalue weighted by molar-refractivity contribution is 0.780. The van der Waals surface area contributed by atoms with Gasteiger partial charge in [0.2, 0.25) is 0 Å². The van der Waals surface area contributed by atoms with Crippen LogP contribution < -0.4 is 5.32 Å². The standard InChI is InChI=1S/C13H15BrN2S/c1-9-3-4-10(14)7-12(9)13-16-11(8-17-13)5-6-15-2/h3-4,7-8,15H,5-6H2,1-2H3. The van der Waals surface area contributed by atoms with Crippen molar-refractivity contribution in [2.24, 2.45) is 0 Å². The average molecular weight is 311 g/mol. The van der Waals surface area contributed by atoms with E-state index >= 15 is 0 Å². The van der Waals surface area contributed by atoms with Crippen LogP contribution in [0.3, 0.4) is 0 Å². The number of likely N-dealkylation sites (N-methyl/N-ethyl adjacent to an activating group) is 1. The van der Waals surface area contributed by atoms with Crippen molar-refractivity contribution in [3.05, 3.63) is 39.3 Å². The minimum atomic E-state index is 0.973. The molecule has 0 aliphatic carbocycles. The van der Waals surface area contributed by atoms with Gasteiger partial charge >= 0.3 is 0 Å². The molecular formula is C13H15BrN2S. The summed E-state index contributed by atoms with van der Waals surface area (Å²) in [5.41, 5.74) is 3.65. The minimum Gasteiger partial charge on any atom is -0.319 e. The molecule has 0 saturated carbocycles. The predicted molar refractivity (Wildman–Crippen MR) is 77.6 cm³/mol. The van der Waals surface area contributed by atoms with Crippen molar-refractivity contribution in [2.75, 3.05) is 13.6 Å². The molecule has 0 unspecified atom stereocenters. The Balaban J connectivity index is 2.27. The lowest BCUT2D eigenvalue weighted by atomic mass is 10.1. The summed E-state index contributed by atoms with van der Waals surface area (Å²) in [6.45, 7) is 3.09. The molecule has 90 valence electrons. The smallest absolute Gasteiger partial charge is 0.123 e. The highest BCUT2D eigenvalue weighted by atomic mass is 79.9. The van der Waals surface area contributed by atoms with Crippen molar-refractivity contribution in [2.45, 2.75) is 13.3 Å². The zero-order chi connectivity index (χ0) is 12.3. The zero-order valence-corrected chi connectivity index (χ0v) is 12.4. The fourth-order valence-electron chi connectivity index (χ4n) is 1.62. The van der Waals surface area contributed by atoms with Crippen LogP contribution in [0.4, 0.5) is 0 Å². The Morgan fingerprint density at radius 2 is 2.24 bits per heavy atom. The van der Waals surface area contributed by atoms with Gasteiger partial charge in [0, 0.05) is 28.4 Å². The molecule has 1 heterocycles. The Morgan fingerprint density at radius 3 is 3.00 bits per heavy atom. The van der Waals surface area contributed by atoms with Crippen molar-refractivity contribution in [1.82, 2.24) is 10.3 Å². The largest absolute Gasteiger partial charge is 0.319 e. The van der Waals surface area contributed by atoms with Gasteiger partial charge in [0.25, 0.3) is 0 Å². The first-order chi connectivity index (χ1) is 8.20. The Kier molecular flexibility index (Phi) is 4.31. The van der Waals surface area contributed by atoms with Gasteiger partial charge < -0.3 is 5.32 Å². The molecule has 4 heteroatoms. The van der Waals surface area contributed by atoms with E-state index in [1.165, 1.54) is 16.8 Å². The summed E-state index contributed by atoms with van der Waals surface area (Å²) in [5.74, 6) is 0. The molecule has 0 aliphatic rings. The number of aromatic nitrogens is 1. The highest BCUT2D eigenvalue weighted by Gasteiger charge is 2.07. The van der Waals surface area contributed by atoms with Gasteiger partial charge in [-0.05, 0) is 31.7 Å². The number of thiazole rings is 1. The van der Waals surface area contributed by atoms with Crippen LogP contribution in [0.15, 0.2) is 28.1 Å². The molecule has 0 saturated heterocycles. The van der Waals surface area contributed by atoms with Crippen molar-refractivity contribution in [1.29, 1.82) is 0 Å². The van der Waals surface area contributed by atoms with E-state index in [0.29, 0.717) is 0 Å². The third-order valence-electron chi connectivity index (χ3n) is 2.61. The molecule has 1 N–H and O–H groups in total. The zero-order valence-electron chi connectivity index (χ0n) is 9.96. The van der Waals surface area contributed by atoms with Crippen LogP contribution >= 0.6 is 27.3 Å². The van der Waals surface area contributed by atoms with E-state index < -0.39 is 0 Å². The molecule has 1 aromatic heterocycles. The van der Waals surface area contributed by atoms with Crippen LogP contribution in [0.5, 0.6) is 0 Å². The van der Waals surface area contributed by atoms with Gasteiger partial charge in [-0.15, -0.1) is 11.3 Å². The van der Waals surface area contributed by atoms with Gasteiger partial charge in [-0.3, -0.25) is 0 Å². The number of benzene rings is 1. The average Bonchev–Trinajstić information content (AvgIpc) is 2.78. The third kappa shape index (κ3) is 3.15. The molecular weight excluding hydrogens is 296 g/mol. The molecule has 0 spiro atoms. The van der Waals surface area contributed by atoms with E-state index in [9.17, 15) is 0 Å². The lowest BCUT2D eigenvalue weighted by Gasteiger charge is -2.02. The van der Waals surface area contributed by atoms with Crippen LogP contribution in [0.1, 0.15) is 11.3 Å². The van der Waals surface area contributed by atoms with Gasteiger partial charge in [0.1, 0.15) is 5.01 Å². The monoisotopic (exact) mass is 310 g/mol. The molecule has 2 rings (SSSR count). The van der Waals surface area contributed by atoms with Crippen LogP contribution in [-0.4, -0.2) is 18.6 Å². The number of nitrogens with one attached hydrogen (secondary N) is 1. The SMILES string of the molecule is CNCCc1csc(-c2cc(Br)ccc2C)n1. The summed E-state index contributed by atoms with van der Waals surface area (Å²) < 4.78 is 1.10. The van der Waals surface area contributed by atoms with E-state index in [4.69, 9.17) is 0 Å². The number of hydrogen-bond acceptors (Lipinski definition) is 3. The third-order valence-corrected chi connectivity index (χ3v) is 4.03. The highest BCUT2D eigenvalue weighted by molar-refractivity contribution is 9.10. The lowest BCUT2D eigenvalue weighted by Crippen LogP contribution is -2.10. The Morgan fingerprint density at radius 1 is 1.41 bits per heavy atom. The van der Waals surface area contributed by atoms with Gasteiger partial charge in [0.05, 0.1) is 5.69 Å². The van der Waals surface area contributed by atoms with Crippen LogP contribution in [-0.2, 0) is 6.42 Å². The van der Waals surface area contributed by atoms with Gasteiger partial charge in [0.15, 0.2) is 0 Å². The second-order valence-corrected chi connectivity index (χ2v) is 5.73. The first kappa shape index (κ1) is 12.7. The first-order valence-electron chi connectivity index (χ1n) is 5.56. The fourth-order valence-corrected chi connectivity index (χ4v) is 2.92. The topological polar surface area (TPSA) is 24.9 Å². The summed E-state index contributed by atoms with van der Waals surface area (Å²) in [4.78, 5) is 4.68. The normalized spacial score (nSPS) is 10.8. The van der Waals surface area contributed by atoms with Crippen molar-refractivity contribution < 1.29 is 0 Å². The summed E-state index contributed by atoms with van der Waals surface area (Å²) >= 11 is 5.23. The number of halogens is 1.